The number of nitrogens with zero attached hydrogens (tertiary/aromatic N) is 3. The minimum absolute atomic E-state index is 0.0396. The molecule has 0 radical (unpaired) electrons. The lowest BCUT2D eigenvalue weighted by Gasteiger charge is -2.32. The third-order valence-corrected chi connectivity index (χ3v) is 6.87. The second kappa shape index (κ2) is 12.4. The Morgan fingerprint density at radius 1 is 1.19 bits per heavy atom. The first-order valence-corrected chi connectivity index (χ1v) is 12.9. The fourth-order valence-corrected chi connectivity index (χ4v) is 4.83. The van der Waals surface area contributed by atoms with Crippen LogP contribution in [0.3, 0.4) is 0 Å². The number of carbonyl (C=O) groups is 3. The molecule has 2 aromatic rings. The highest BCUT2D eigenvalue weighted by atomic mass is 35.5. The number of esters is 1. The van der Waals surface area contributed by atoms with E-state index in [1.165, 1.54) is 0 Å². The molecule has 2 amide bonds. The Hall–Kier alpha value is -2.91. The highest BCUT2D eigenvalue weighted by Gasteiger charge is 2.30. The Kier molecular flexibility index (Phi) is 8.98. The molecule has 1 atom stereocenters. The summed E-state index contributed by atoms with van der Waals surface area (Å²) in [6.45, 7) is 4.47. The number of ether oxygens (including phenoxy) is 2. The van der Waals surface area contributed by atoms with E-state index in [4.69, 9.17) is 25.6 Å². The van der Waals surface area contributed by atoms with E-state index in [0.29, 0.717) is 56.5 Å². The summed E-state index contributed by atoms with van der Waals surface area (Å²) in [6, 6.07) is 8.72. The molecule has 2 saturated heterocycles. The van der Waals surface area contributed by atoms with Crippen LogP contribution in [0.1, 0.15) is 49.5 Å². The third-order valence-electron chi connectivity index (χ3n) is 6.64. The van der Waals surface area contributed by atoms with E-state index >= 15 is 0 Å². The van der Waals surface area contributed by atoms with Gasteiger partial charge in [-0.05, 0) is 44.7 Å². The van der Waals surface area contributed by atoms with Crippen LogP contribution in [0.25, 0.3) is 11.3 Å². The fraction of sp³-hybridized carbons (Fsp3) is 0.538. The molecule has 194 valence electrons. The van der Waals surface area contributed by atoms with Crippen LogP contribution in [0.2, 0.25) is 5.02 Å². The van der Waals surface area contributed by atoms with Gasteiger partial charge in [-0.2, -0.15) is 0 Å². The van der Waals surface area contributed by atoms with Gasteiger partial charge in [0.2, 0.25) is 5.91 Å². The number of hydrogen-bond donors (Lipinski definition) is 0. The molecule has 0 saturated carbocycles. The molecule has 0 spiro atoms. The highest BCUT2D eigenvalue weighted by Crippen LogP contribution is 2.25. The molecule has 0 aliphatic carbocycles. The zero-order valence-corrected chi connectivity index (χ0v) is 21.2. The van der Waals surface area contributed by atoms with Gasteiger partial charge in [0.1, 0.15) is 0 Å². The number of hydrogen-bond acceptors (Lipinski definition) is 7. The van der Waals surface area contributed by atoms with Crippen molar-refractivity contribution in [1.29, 1.82) is 0 Å². The van der Waals surface area contributed by atoms with Gasteiger partial charge in [-0.1, -0.05) is 28.9 Å². The summed E-state index contributed by atoms with van der Waals surface area (Å²) in [4.78, 5) is 41.6. The molecule has 10 heteroatoms. The number of halogens is 1. The van der Waals surface area contributed by atoms with Crippen LogP contribution >= 0.6 is 11.6 Å². The predicted octanol–water partition coefficient (Wildman–Crippen LogP) is 3.81. The zero-order chi connectivity index (χ0) is 25.5. The molecule has 1 unspecified atom stereocenters. The average Bonchev–Trinajstić information content (AvgIpc) is 3.59. The van der Waals surface area contributed by atoms with E-state index in [1.807, 2.05) is 6.07 Å². The monoisotopic (exact) mass is 517 g/mol. The van der Waals surface area contributed by atoms with Gasteiger partial charge >= 0.3 is 5.97 Å². The highest BCUT2D eigenvalue weighted by molar-refractivity contribution is 6.30. The van der Waals surface area contributed by atoms with Crippen molar-refractivity contribution in [3.63, 3.8) is 0 Å². The lowest BCUT2D eigenvalue weighted by Crippen LogP contribution is -2.43. The number of benzene rings is 1. The lowest BCUT2D eigenvalue weighted by molar-refractivity contribution is -0.151. The minimum atomic E-state index is -0.309. The second-order valence-corrected chi connectivity index (χ2v) is 9.57. The van der Waals surface area contributed by atoms with E-state index in [-0.39, 0.29) is 48.5 Å². The molecule has 0 N–H and O–H groups in total. The smallest absolute Gasteiger partial charge is 0.309 e. The van der Waals surface area contributed by atoms with E-state index in [0.717, 1.165) is 18.4 Å². The van der Waals surface area contributed by atoms with Crippen molar-refractivity contribution < 1.29 is 28.4 Å². The Bertz CT molecular complexity index is 1060. The molecule has 2 aliphatic heterocycles. The van der Waals surface area contributed by atoms with Crippen molar-refractivity contribution in [3.8, 4) is 11.3 Å². The van der Waals surface area contributed by atoms with Crippen molar-refractivity contribution in [2.75, 3.05) is 39.4 Å². The summed E-state index contributed by atoms with van der Waals surface area (Å²) in [7, 11) is 0. The fourth-order valence-electron chi connectivity index (χ4n) is 4.64. The van der Waals surface area contributed by atoms with Crippen molar-refractivity contribution in [3.05, 3.63) is 41.0 Å². The summed E-state index contributed by atoms with van der Waals surface area (Å²) < 4.78 is 16.3. The van der Waals surface area contributed by atoms with Crippen molar-refractivity contribution in [2.45, 2.75) is 45.1 Å². The van der Waals surface area contributed by atoms with Gasteiger partial charge in [-0.15, -0.1) is 0 Å². The molecule has 9 nitrogen and oxygen atoms in total. The number of rotatable bonds is 9. The maximum Gasteiger partial charge on any atom is 0.309 e. The van der Waals surface area contributed by atoms with E-state index < -0.39 is 0 Å². The first-order chi connectivity index (χ1) is 17.4. The quantitative estimate of drug-likeness (QED) is 0.466. The predicted molar refractivity (Wildman–Crippen MR) is 132 cm³/mol. The third kappa shape index (κ3) is 6.64. The number of amides is 2. The second-order valence-electron chi connectivity index (χ2n) is 9.13. The van der Waals surface area contributed by atoms with Crippen molar-refractivity contribution in [2.24, 2.45) is 5.92 Å². The molecular formula is C26H32ClN3O6. The Labute approximate surface area is 215 Å². The summed E-state index contributed by atoms with van der Waals surface area (Å²) in [5.41, 5.74) is 0.895. The van der Waals surface area contributed by atoms with Gasteiger partial charge in [0.05, 0.1) is 18.6 Å². The van der Waals surface area contributed by atoms with Gasteiger partial charge in [-0.25, -0.2) is 0 Å². The lowest BCUT2D eigenvalue weighted by atomic mass is 9.97. The minimum Gasteiger partial charge on any atom is -0.466 e. The Morgan fingerprint density at radius 2 is 2.00 bits per heavy atom. The van der Waals surface area contributed by atoms with Gasteiger partial charge < -0.3 is 23.8 Å². The Balaban J connectivity index is 1.38. The van der Waals surface area contributed by atoms with Crippen LogP contribution < -0.4 is 0 Å². The SMILES string of the molecule is CCOC(=O)C1CCN(C(=O)CCN(CC2CCCO2)C(=O)c2cc(-c3cccc(Cl)c3)on2)CC1. The van der Waals surface area contributed by atoms with Crippen molar-refractivity contribution >= 4 is 29.4 Å². The molecule has 2 aliphatic rings. The van der Waals surface area contributed by atoms with Crippen molar-refractivity contribution in [1.82, 2.24) is 15.0 Å². The first-order valence-electron chi connectivity index (χ1n) is 12.5. The van der Waals surface area contributed by atoms with E-state index in [2.05, 4.69) is 5.16 Å². The van der Waals surface area contributed by atoms with Gasteiger partial charge in [0.25, 0.3) is 5.91 Å². The molecule has 1 aromatic carbocycles. The molecule has 36 heavy (non-hydrogen) atoms. The summed E-state index contributed by atoms with van der Waals surface area (Å²) >= 11 is 6.07. The topological polar surface area (TPSA) is 102 Å². The summed E-state index contributed by atoms with van der Waals surface area (Å²) in [5, 5.41) is 4.54. The number of carbonyl (C=O) groups excluding carboxylic acids is 3. The maximum atomic E-state index is 13.4. The molecule has 4 rings (SSSR count). The summed E-state index contributed by atoms with van der Waals surface area (Å²) in [6.07, 6.45) is 3.11. The molecular weight excluding hydrogens is 486 g/mol. The van der Waals surface area contributed by atoms with Crippen LogP contribution in [0.15, 0.2) is 34.9 Å². The van der Waals surface area contributed by atoms with Crippen LogP contribution in [-0.4, -0.2) is 78.2 Å². The van der Waals surface area contributed by atoms with Gasteiger partial charge in [0, 0.05) is 55.9 Å². The molecule has 3 heterocycles. The van der Waals surface area contributed by atoms with Crippen LogP contribution in [0, 0.1) is 5.92 Å². The normalized spacial score (nSPS) is 18.3. The first kappa shape index (κ1) is 26.2. The van der Waals surface area contributed by atoms with Gasteiger partial charge in [-0.3, -0.25) is 14.4 Å². The number of likely N-dealkylation sites (tertiary alicyclic amines) is 1. The maximum absolute atomic E-state index is 13.4. The summed E-state index contributed by atoms with van der Waals surface area (Å²) in [5.74, 6) is -0.257. The van der Waals surface area contributed by atoms with E-state index in [9.17, 15) is 14.4 Å². The van der Waals surface area contributed by atoms with Crippen LogP contribution in [0.5, 0.6) is 0 Å². The van der Waals surface area contributed by atoms with Crippen LogP contribution in [-0.2, 0) is 19.1 Å². The molecule has 2 fully saturated rings. The number of piperidine rings is 1. The molecule has 1 aromatic heterocycles. The largest absolute Gasteiger partial charge is 0.466 e. The Morgan fingerprint density at radius 3 is 2.69 bits per heavy atom. The molecule has 0 bridgehead atoms. The van der Waals surface area contributed by atoms with Crippen LogP contribution in [0.4, 0.5) is 0 Å². The van der Waals surface area contributed by atoms with Gasteiger partial charge in [0.15, 0.2) is 11.5 Å². The number of aromatic nitrogens is 1. The van der Waals surface area contributed by atoms with E-state index in [1.54, 1.807) is 41.0 Å². The standard InChI is InChI=1S/C26H32ClN3O6/c1-2-34-26(33)18-8-11-29(12-9-18)24(31)10-13-30(17-21-7-4-14-35-21)25(32)22-16-23(36-28-22)19-5-3-6-20(27)15-19/h3,5-6,15-16,18,21H,2,4,7-14,17H2,1H3. The average molecular weight is 518 g/mol. The zero-order valence-electron chi connectivity index (χ0n) is 20.5.